The third-order valence-electron chi connectivity index (χ3n) is 3.93. The van der Waals surface area contributed by atoms with Gasteiger partial charge in [-0.25, -0.2) is 0 Å². The van der Waals surface area contributed by atoms with Crippen molar-refractivity contribution < 1.29 is 4.74 Å². The van der Waals surface area contributed by atoms with Crippen molar-refractivity contribution in [2.75, 3.05) is 6.61 Å². The lowest BCUT2D eigenvalue weighted by Crippen LogP contribution is -2.11. The van der Waals surface area contributed by atoms with Crippen molar-refractivity contribution in [2.24, 2.45) is 5.41 Å². The van der Waals surface area contributed by atoms with Crippen LogP contribution < -0.4 is 4.74 Å². The summed E-state index contributed by atoms with van der Waals surface area (Å²) in [6.07, 6.45) is 3.55. The van der Waals surface area contributed by atoms with Crippen LogP contribution in [0.4, 0.5) is 0 Å². The Morgan fingerprint density at radius 3 is 2.78 bits per heavy atom. The summed E-state index contributed by atoms with van der Waals surface area (Å²) in [5, 5.41) is 0. The quantitative estimate of drug-likeness (QED) is 0.539. The maximum Gasteiger partial charge on any atom is 0.122 e. The highest BCUT2D eigenvalue weighted by molar-refractivity contribution is 9.09. The van der Waals surface area contributed by atoms with E-state index in [2.05, 4.69) is 55.8 Å². The number of aryl methyl sites for hydroxylation is 1. The lowest BCUT2D eigenvalue weighted by atomic mass is 9.84. The minimum atomic E-state index is 0.392. The minimum Gasteiger partial charge on any atom is -0.494 e. The number of alkyl halides is 1. The van der Waals surface area contributed by atoms with Crippen molar-refractivity contribution >= 4 is 15.9 Å². The molecule has 0 amide bonds. The fourth-order valence-electron chi connectivity index (χ4n) is 2.90. The summed E-state index contributed by atoms with van der Waals surface area (Å²) in [7, 11) is 0. The molecule has 0 fully saturated rings. The molecule has 2 rings (SSSR count). The van der Waals surface area contributed by atoms with Crippen LogP contribution in [0.25, 0.3) is 0 Å². The fraction of sp³-hybridized carbons (Fsp3) is 0.625. The lowest BCUT2D eigenvalue weighted by Gasteiger charge is -2.24. The normalized spacial score (nSPS) is 22.2. The highest BCUT2D eigenvalue weighted by Crippen LogP contribution is 2.46. The predicted molar refractivity (Wildman–Crippen MR) is 80.7 cm³/mol. The van der Waals surface area contributed by atoms with Gasteiger partial charge in [0, 0.05) is 4.83 Å². The first kappa shape index (κ1) is 13.9. The van der Waals surface area contributed by atoms with Crippen LogP contribution in [-0.2, 0) is 6.42 Å². The summed E-state index contributed by atoms with van der Waals surface area (Å²) in [6.45, 7) is 9.73. The van der Waals surface area contributed by atoms with Gasteiger partial charge in [-0.15, -0.1) is 0 Å². The van der Waals surface area contributed by atoms with Gasteiger partial charge in [-0.3, -0.25) is 0 Å². The van der Waals surface area contributed by atoms with Crippen LogP contribution in [0.1, 0.15) is 55.1 Å². The number of fused-ring (bicyclic) bond motifs is 1. The van der Waals surface area contributed by atoms with E-state index in [9.17, 15) is 0 Å². The Labute approximate surface area is 119 Å². The Morgan fingerprint density at radius 1 is 1.39 bits per heavy atom. The Balaban J connectivity index is 2.49. The monoisotopic (exact) mass is 310 g/mol. The van der Waals surface area contributed by atoms with Crippen LogP contribution in [-0.4, -0.2) is 6.61 Å². The standard InChI is InChI=1S/C16H23BrO/c1-5-18-14-7-6-11(2)15-12(14)8-9-16(3,4)10-13(15)17/h6-7,13H,5,8-10H2,1-4H3. The maximum absolute atomic E-state index is 5.81. The lowest BCUT2D eigenvalue weighted by molar-refractivity contribution is 0.312. The van der Waals surface area contributed by atoms with E-state index in [-0.39, 0.29) is 0 Å². The second-order valence-electron chi connectivity index (χ2n) is 6.04. The van der Waals surface area contributed by atoms with Gasteiger partial charge < -0.3 is 4.74 Å². The van der Waals surface area contributed by atoms with Gasteiger partial charge in [0.05, 0.1) is 6.61 Å². The maximum atomic E-state index is 5.81. The molecule has 18 heavy (non-hydrogen) atoms. The zero-order chi connectivity index (χ0) is 13.3. The molecule has 1 aromatic rings. The summed E-state index contributed by atoms with van der Waals surface area (Å²) in [5.41, 5.74) is 4.66. The SMILES string of the molecule is CCOc1ccc(C)c2c1CCC(C)(C)CC2Br. The molecule has 1 aliphatic rings. The van der Waals surface area contributed by atoms with Crippen LogP contribution in [0, 0.1) is 12.3 Å². The van der Waals surface area contributed by atoms with Crippen LogP contribution in [0.15, 0.2) is 12.1 Å². The molecule has 1 atom stereocenters. The summed E-state index contributed by atoms with van der Waals surface area (Å²) >= 11 is 3.89. The molecular weight excluding hydrogens is 288 g/mol. The smallest absolute Gasteiger partial charge is 0.122 e. The van der Waals surface area contributed by atoms with E-state index in [0.717, 1.165) is 18.8 Å². The van der Waals surface area contributed by atoms with Crippen molar-refractivity contribution in [2.45, 2.75) is 51.8 Å². The largest absolute Gasteiger partial charge is 0.494 e. The molecule has 0 spiro atoms. The molecule has 0 saturated heterocycles. The Hall–Kier alpha value is -0.500. The fourth-order valence-corrected chi connectivity index (χ4v) is 4.41. The highest BCUT2D eigenvalue weighted by atomic mass is 79.9. The molecule has 0 radical (unpaired) electrons. The summed E-state index contributed by atoms with van der Waals surface area (Å²) < 4.78 is 5.81. The molecule has 100 valence electrons. The van der Waals surface area contributed by atoms with E-state index < -0.39 is 0 Å². The topological polar surface area (TPSA) is 9.23 Å². The van der Waals surface area contributed by atoms with E-state index in [0.29, 0.717) is 10.2 Å². The van der Waals surface area contributed by atoms with Crippen molar-refractivity contribution in [3.63, 3.8) is 0 Å². The molecule has 1 aromatic carbocycles. The third-order valence-corrected chi connectivity index (χ3v) is 4.71. The van der Waals surface area contributed by atoms with Crippen LogP contribution in [0.3, 0.4) is 0 Å². The molecule has 1 aliphatic carbocycles. The molecule has 0 aliphatic heterocycles. The van der Waals surface area contributed by atoms with Crippen LogP contribution in [0.2, 0.25) is 0 Å². The third kappa shape index (κ3) is 2.74. The molecule has 1 nitrogen and oxygen atoms in total. The van der Waals surface area contributed by atoms with Crippen molar-refractivity contribution in [1.29, 1.82) is 0 Å². The molecular formula is C16H23BrO. The van der Waals surface area contributed by atoms with Gasteiger partial charge >= 0.3 is 0 Å². The van der Waals surface area contributed by atoms with Gasteiger partial charge in [0.1, 0.15) is 5.75 Å². The molecule has 0 N–H and O–H groups in total. The first-order valence-electron chi connectivity index (χ1n) is 6.84. The number of rotatable bonds is 2. The van der Waals surface area contributed by atoms with Crippen LogP contribution in [0.5, 0.6) is 5.75 Å². The number of hydrogen-bond donors (Lipinski definition) is 0. The van der Waals surface area contributed by atoms with Gasteiger partial charge in [-0.2, -0.15) is 0 Å². The highest BCUT2D eigenvalue weighted by Gasteiger charge is 2.30. The Bertz CT molecular complexity index is 437. The molecule has 0 heterocycles. The van der Waals surface area contributed by atoms with Gasteiger partial charge in [-0.1, -0.05) is 35.8 Å². The van der Waals surface area contributed by atoms with E-state index in [1.54, 1.807) is 0 Å². The second kappa shape index (κ2) is 5.24. The van der Waals surface area contributed by atoms with Gasteiger partial charge in [0.2, 0.25) is 0 Å². The van der Waals surface area contributed by atoms with Gasteiger partial charge in [0.25, 0.3) is 0 Å². The van der Waals surface area contributed by atoms with Crippen molar-refractivity contribution in [1.82, 2.24) is 0 Å². The Kier molecular flexibility index (Phi) is 4.05. The number of halogens is 1. The van der Waals surface area contributed by atoms with Crippen molar-refractivity contribution in [3.05, 3.63) is 28.8 Å². The number of ether oxygens (including phenoxy) is 1. The molecule has 0 saturated carbocycles. The molecule has 2 heteroatoms. The van der Waals surface area contributed by atoms with E-state index in [1.165, 1.54) is 29.5 Å². The second-order valence-corrected chi connectivity index (χ2v) is 7.15. The summed E-state index contributed by atoms with van der Waals surface area (Å²) in [6, 6.07) is 4.33. The van der Waals surface area contributed by atoms with E-state index >= 15 is 0 Å². The zero-order valence-corrected chi connectivity index (χ0v) is 13.4. The van der Waals surface area contributed by atoms with Crippen molar-refractivity contribution in [3.8, 4) is 5.75 Å². The van der Waals surface area contributed by atoms with E-state index in [4.69, 9.17) is 4.74 Å². The van der Waals surface area contributed by atoms with E-state index in [1.807, 2.05) is 0 Å². The van der Waals surface area contributed by atoms with Crippen LogP contribution >= 0.6 is 15.9 Å². The molecule has 0 aromatic heterocycles. The molecule has 0 bridgehead atoms. The Morgan fingerprint density at radius 2 is 2.11 bits per heavy atom. The molecule has 1 unspecified atom stereocenters. The summed E-state index contributed by atoms with van der Waals surface area (Å²) in [5.74, 6) is 1.08. The zero-order valence-electron chi connectivity index (χ0n) is 11.8. The average Bonchev–Trinajstić information content (AvgIpc) is 2.39. The average molecular weight is 311 g/mol. The first-order chi connectivity index (χ1) is 8.44. The summed E-state index contributed by atoms with van der Waals surface area (Å²) in [4.78, 5) is 0.449. The number of benzene rings is 1. The van der Waals surface area contributed by atoms with Gasteiger partial charge in [0.15, 0.2) is 0 Å². The van der Waals surface area contributed by atoms with Gasteiger partial charge in [-0.05, 0) is 61.3 Å². The minimum absolute atomic E-state index is 0.392. The number of hydrogen-bond acceptors (Lipinski definition) is 1. The first-order valence-corrected chi connectivity index (χ1v) is 7.75. The predicted octanol–water partition coefficient (Wildman–Crippen LogP) is 5.19.